The molecule has 2 aromatic heterocycles. The number of nitrogens with zero attached hydrogens (tertiary/aromatic N) is 3. The predicted molar refractivity (Wildman–Crippen MR) is 84.0 cm³/mol. The van der Waals surface area contributed by atoms with Gasteiger partial charge in [0, 0.05) is 18.1 Å². The highest BCUT2D eigenvalue weighted by molar-refractivity contribution is 5.58. The maximum absolute atomic E-state index is 13.2. The van der Waals surface area contributed by atoms with E-state index in [2.05, 4.69) is 25.6 Å². The van der Waals surface area contributed by atoms with Crippen molar-refractivity contribution in [2.24, 2.45) is 0 Å². The first-order chi connectivity index (χ1) is 10.7. The van der Waals surface area contributed by atoms with Crippen molar-refractivity contribution >= 4 is 23.3 Å². The van der Waals surface area contributed by atoms with Crippen LogP contribution < -0.4 is 10.6 Å². The molecule has 0 saturated carbocycles. The lowest BCUT2D eigenvalue weighted by Gasteiger charge is -2.08. The zero-order valence-corrected chi connectivity index (χ0v) is 11.9. The van der Waals surface area contributed by atoms with E-state index in [1.807, 2.05) is 19.1 Å². The third kappa shape index (κ3) is 3.54. The summed E-state index contributed by atoms with van der Waals surface area (Å²) in [5, 5.41) is 6.07. The Hall–Kier alpha value is -3.02. The summed E-state index contributed by atoms with van der Waals surface area (Å²) in [6.07, 6.45) is 3.33. The van der Waals surface area contributed by atoms with E-state index in [0.717, 1.165) is 5.56 Å². The number of hydrogen-bond donors (Lipinski definition) is 2. The van der Waals surface area contributed by atoms with E-state index in [1.54, 1.807) is 30.6 Å². The first-order valence-electron chi connectivity index (χ1n) is 6.74. The fourth-order valence-electron chi connectivity index (χ4n) is 1.92. The number of hydrogen-bond acceptors (Lipinski definition) is 5. The monoisotopic (exact) mass is 295 g/mol. The average Bonchev–Trinajstić information content (AvgIpc) is 2.47. The normalized spacial score (nSPS) is 10.3. The molecule has 110 valence electrons. The van der Waals surface area contributed by atoms with E-state index in [1.165, 1.54) is 12.1 Å². The van der Waals surface area contributed by atoms with Gasteiger partial charge in [-0.2, -0.15) is 4.98 Å². The van der Waals surface area contributed by atoms with Gasteiger partial charge in [-0.3, -0.25) is 0 Å². The molecule has 0 aliphatic heterocycles. The van der Waals surface area contributed by atoms with Gasteiger partial charge in [0.25, 0.3) is 0 Å². The molecular weight excluding hydrogens is 281 g/mol. The standard InChI is InChI=1S/C16H14FN5/c1-11-5-7-18-15(9-11)22-16-19-8-6-14(21-16)20-13-4-2-3-12(17)10-13/h2-10H,1H3,(H2,18,19,20,21,22). The lowest BCUT2D eigenvalue weighted by molar-refractivity contribution is 0.628. The smallest absolute Gasteiger partial charge is 0.230 e. The number of pyridine rings is 1. The number of nitrogens with one attached hydrogen (secondary N) is 2. The number of benzene rings is 1. The highest BCUT2D eigenvalue weighted by Crippen LogP contribution is 2.17. The van der Waals surface area contributed by atoms with Crippen LogP contribution in [-0.4, -0.2) is 15.0 Å². The fraction of sp³-hybridized carbons (Fsp3) is 0.0625. The molecule has 22 heavy (non-hydrogen) atoms. The zero-order chi connectivity index (χ0) is 15.4. The van der Waals surface area contributed by atoms with Gasteiger partial charge in [-0.25, -0.2) is 14.4 Å². The lowest BCUT2D eigenvalue weighted by atomic mass is 10.3. The van der Waals surface area contributed by atoms with Crippen LogP contribution in [0.4, 0.5) is 27.7 Å². The van der Waals surface area contributed by atoms with E-state index in [9.17, 15) is 4.39 Å². The quantitative estimate of drug-likeness (QED) is 0.766. The number of halogens is 1. The second-order valence-electron chi connectivity index (χ2n) is 4.74. The maximum atomic E-state index is 13.2. The van der Waals surface area contributed by atoms with Crippen molar-refractivity contribution in [3.63, 3.8) is 0 Å². The lowest BCUT2D eigenvalue weighted by Crippen LogP contribution is -2.01. The SMILES string of the molecule is Cc1ccnc(Nc2nccc(Nc3cccc(F)c3)n2)c1. The minimum Gasteiger partial charge on any atom is -0.340 e. The zero-order valence-electron chi connectivity index (χ0n) is 11.9. The summed E-state index contributed by atoms with van der Waals surface area (Å²) >= 11 is 0. The molecule has 0 amide bonds. The number of aromatic nitrogens is 3. The highest BCUT2D eigenvalue weighted by Gasteiger charge is 2.02. The third-order valence-electron chi connectivity index (χ3n) is 2.91. The Labute approximate surface area is 127 Å². The van der Waals surface area contributed by atoms with Gasteiger partial charge < -0.3 is 10.6 Å². The van der Waals surface area contributed by atoms with Crippen molar-refractivity contribution in [2.45, 2.75) is 6.92 Å². The van der Waals surface area contributed by atoms with Gasteiger partial charge in [-0.15, -0.1) is 0 Å². The Morgan fingerprint density at radius 2 is 1.77 bits per heavy atom. The summed E-state index contributed by atoms with van der Waals surface area (Å²) in [6.45, 7) is 1.98. The summed E-state index contributed by atoms with van der Waals surface area (Å²) in [4.78, 5) is 12.7. The highest BCUT2D eigenvalue weighted by atomic mass is 19.1. The van der Waals surface area contributed by atoms with Crippen molar-refractivity contribution in [2.75, 3.05) is 10.6 Å². The second-order valence-corrected chi connectivity index (χ2v) is 4.74. The van der Waals surface area contributed by atoms with Crippen molar-refractivity contribution in [3.05, 3.63) is 66.2 Å². The molecule has 3 aromatic rings. The molecule has 0 atom stereocenters. The van der Waals surface area contributed by atoms with Crippen LogP contribution in [0.3, 0.4) is 0 Å². The van der Waals surface area contributed by atoms with Crippen LogP contribution in [0.25, 0.3) is 0 Å². The van der Waals surface area contributed by atoms with Crippen molar-refractivity contribution < 1.29 is 4.39 Å². The molecule has 3 rings (SSSR count). The van der Waals surface area contributed by atoms with Gasteiger partial charge >= 0.3 is 0 Å². The Balaban J connectivity index is 1.78. The summed E-state index contributed by atoms with van der Waals surface area (Å²) in [5.74, 6) is 1.35. The van der Waals surface area contributed by atoms with Crippen LogP contribution in [0, 0.1) is 12.7 Å². The van der Waals surface area contributed by atoms with Gasteiger partial charge in [0.2, 0.25) is 5.95 Å². The molecule has 0 fully saturated rings. The maximum Gasteiger partial charge on any atom is 0.230 e. The minimum atomic E-state index is -0.304. The van der Waals surface area contributed by atoms with Gasteiger partial charge in [-0.1, -0.05) is 6.07 Å². The van der Waals surface area contributed by atoms with Gasteiger partial charge in [0.15, 0.2) is 0 Å². The molecule has 2 heterocycles. The molecule has 0 aliphatic carbocycles. The van der Waals surface area contributed by atoms with Crippen molar-refractivity contribution in [1.82, 2.24) is 15.0 Å². The second kappa shape index (κ2) is 6.17. The Morgan fingerprint density at radius 1 is 0.909 bits per heavy atom. The molecule has 0 unspecified atom stereocenters. The summed E-state index contributed by atoms with van der Waals surface area (Å²) in [5.41, 5.74) is 1.71. The van der Waals surface area contributed by atoms with Crippen LogP contribution in [0.15, 0.2) is 54.9 Å². The molecule has 1 aromatic carbocycles. The minimum absolute atomic E-state index is 0.304. The van der Waals surface area contributed by atoms with Crippen LogP contribution >= 0.6 is 0 Å². The van der Waals surface area contributed by atoms with Gasteiger partial charge in [0.1, 0.15) is 17.5 Å². The Kier molecular flexibility index (Phi) is 3.91. The van der Waals surface area contributed by atoms with Crippen LogP contribution in [0.1, 0.15) is 5.56 Å². The molecule has 2 N–H and O–H groups in total. The van der Waals surface area contributed by atoms with Crippen molar-refractivity contribution in [1.29, 1.82) is 0 Å². The number of anilines is 4. The molecule has 5 nitrogen and oxygen atoms in total. The average molecular weight is 295 g/mol. The number of aryl methyl sites for hydroxylation is 1. The van der Waals surface area contributed by atoms with E-state index in [-0.39, 0.29) is 5.82 Å². The largest absolute Gasteiger partial charge is 0.340 e. The molecule has 0 bridgehead atoms. The third-order valence-corrected chi connectivity index (χ3v) is 2.91. The molecule has 0 saturated heterocycles. The first kappa shape index (κ1) is 13.9. The number of rotatable bonds is 4. The topological polar surface area (TPSA) is 62.7 Å². The molecule has 0 aliphatic rings. The van der Waals surface area contributed by atoms with Crippen molar-refractivity contribution in [3.8, 4) is 0 Å². The predicted octanol–water partition coefficient (Wildman–Crippen LogP) is 3.81. The molecule has 6 heteroatoms. The van der Waals surface area contributed by atoms with E-state index in [0.29, 0.717) is 23.3 Å². The van der Waals surface area contributed by atoms with E-state index in [4.69, 9.17) is 0 Å². The summed E-state index contributed by atoms with van der Waals surface area (Å²) in [6, 6.07) is 11.7. The Morgan fingerprint density at radius 3 is 2.59 bits per heavy atom. The molecular formula is C16H14FN5. The van der Waals surface area contributed by atoms with Crippen LogP contribution in [-0.2, 0) is 0 Å². The van der Waals surface area contributed by atoms with Crippen LogP contribution in [0.5, 0.6) is 0 Å². The fourth-order valence-corrected chi connectivity index (χ4v) is 1.92. The van der Waals surface area contributed by atoms with E-state index < -0.39 is 0 Å². The van der Waals surface area contributed by atoms with E-state index >= 15 is 0 Å². The van der Waals surface area contributed by atoms with Gasteiger partial charge in [-0.05, 0) is 48.9 Å². The molecule has 0 radical (unpaired) electrons. The first-order valence-corrected chi connectivity index (χ1v) is 6.74. The summed E-state index contributed by atoms with van der Waals surface area (Å²) in [7, 11) is 0. The molecule has 0 spiro atoms. The summed E-state index contributed by atoms with van der Waals surface area (Å²) < 4.78 is 13.2. The van der Waals surface area contributed by atoms with Gasteiger partial charge in [0.05, 0.1) is 0 Å². The Bertz CT molecular complexity index is 728. The van der Waals surface area contributed by atoms with Crippen LogP contribution in [0.2, 0.25) is 0 Å².